The van der Waals surface area contributed by atoms with E-state index in [4.69, 9.17) is 0 Å². The molecule has 0 heterocycles. The van der Waals surface area contributed by atoms with Crippen molar-refractivity contribution in [1.29, 1.82) is 0 Å². The normalized spacial score (nSPS) is 14.0. The van der Waals surface area contributed by atoms with E-state index < -0.39 is 0 Å². The molecule has 2 unspecified atom stereocenters. The molecule has 0 saturated heterocycles. The quantitative estimate of drug-likeness (QED) is 0.651. The van der Waals surface area contributed by atoms with Crippen molar-refractivity contribution in [3.05, 3.63) is 71.8 Å². The highest BCUT2D eigenvalue weighted by Gasteiger charge is 2.21. The molecule has 0 aliphatic rings. The third-order valence-corrected chi connectivity index (χ3v) is 4.68. The van der Waals surface area contributed by atoms with Crippen molar-refractivity contribution in [1.82, 2.24) is 15.1 Å². The number of nitrogens with zero attached hydrogens (tertiary/aromatic N) is 2. The van der Waals surface area contributed by atoms with Crippen molar-refractivity contribution < 1.29 is 0 Å². The Kier molecular flexibility index (Phi) is 8.13. The first-order valence-corrected chi connectivity index (χ1v) is 9.38. The van der Waals surface area contributed by atoms with Crippen molar-refractivity contribution >= 4 is 0 Å². The van der Waals surface area contributed by atoms with Crippen molar-refractivity contribution in [2.75, 3.05) is 14.1 Å². The second-order valence-electron chi connectivity index (χ2n) is 6.85. The Hall–Kier alpha value is -1.68. The average molecular weight is 340 g/mol. The van der Waals surface area contributed by atoms with E-state index in [0.717, 1.165) is 25.9 Å². The van der Waals surface area contributed by atoms with Gasteiger partial charge in [-0.2, -0.15) is 0 Å². The summed E-state index contributed by atoms with van der Waals surface area (Å²) in [5.41, 5.74) is 2.72. The van der Waals surface area contributed by atoms with Crippen LogP contribution in [0.5, 0.6) is 0 Å². The van der Waals surface area contributed by atoms with Gasteiger partial charge in [-0.15, -0.1) is 0 Å². The van der Waals surface area contributed by atoms with Crippen molar-refractivity contribution in [2.24, 2.45) is 0 Å². The van der Waals surface area contributed by atoms with E-state index in [0.29, 0.717) is 12.3 Å². The van der Waals surface area contributed by atoms with Crippen LogP contribution < -0.4 is 5.32 Å². The largest absolute Gasteiger partial charge is 0.294 e. The smallest absolute Gasteiger partial charge is 0.0612 e. The third-order valence-electron chi connectivity index (χ3n) is 4.68. The van der Waals surface area contributed by atoms with Gasteiger partial charge in [0.25, 0.3) is 0 Å². The predicted octanol–water partition coefficient (Wildman–Crippen LogP) is 4.31. The lowest BCUT2D eigenvalue weighted by Gasteiger charge is -2.36. The fraction of sp³-hybridized carbons (Fsp3) is 0.455. The minimum atomic E-state index is 0.341. The molecule has 25 heavy (non-hydrogen) atoms. The monoisotopic (exact) mass is 339 g/mol. The molecule has 0 spiro atoms. The van der Waals surface area contributed by atoms with Gasteiger partial charge in [-0.1, -0.05) is 74.5 Å². The molecular formula is C22H33N3. The van der Waals surface area contributed by atoms with Gasteiger partial charge in [0.15, 0.2) is 0 Å². The van der Waals surface area contributed by atoms with E-state index in [9.17, 15) is 0 Å². The van der Waals surface area contributed by atoms with Gasteiger partial charge in [-0.05, 0) is 38.1 Å². The van der Waals surface area contributed by atoms with Crippen molar-refractivity contribution in [3.63, 3.8) is 0 Å². The van der Waals surface area contributed by atoms with Crippen LogP contribution in [0.25, 0.3) is 0 Å². The molecule has 136 valence electrons. The topological polar surface area (TPSA) is 18.5 Å². The van der Waals surface area contributed by atoms with Crippen LogP contribution in [0.2, 0.25) is 0 Å². The van der Waals surface area contributed by atoms with Gasteiger partial charge >= 0.3 is 0 Å². The molecule has 2 rings (SSSR count). The highest BCUT2D eigenvalue weighted by Crippen LogP contribution is 2.15. The second kappa shape index (κ2) is 10.3. The van der Waals surface area contributed by atoms with E-state index in [2.05, 4.69) is 104 Å². The minimum absolute atomic E-state index is 0.341. The standard InChI is InChI=1S/C22H33N3/c1-5-21(24(3)4)23-22(6-2)25(17-19-13-9-7-10-14-19)18-20-15-11-8-12-16-20/h7-16,21-23H,5-6,17-18H2,1-4H3. The Morgan fingerprint density at radius 1 is 0.720 bits per heavy atom. The zero-order valence-electron chi connectivity index (χ0n) is 16.2. The first-order chi connectivity index (χ1) is 12.1. The molecule has 3 nitrogen and oxygen atoms in total. The van der Waals surface area contributed by atoms with Gasteiger partial charge in [-0.25, -0.2) is 0 Å². The zero-order chi connectivity index (χ0) is 18.1. The van der Waals surface area contributed by atoms with Crippen molar-refractivity contribution in [3.8, 4) is 0 Å². The van der Waals surface area contributed by atoms with Gasteiger partial charge in [0.1, 0.15) is 0 Å². The van der Waals surface area contributed by atoms with E-state index in [-0.39, 0.29) is 0 Å². The molecule has 2 aromatic carbocycles. The van der Waals surface area contributed by atoms with E-state index in [1.165, 1.54) is 11.1 Å². The SMILES string of the molecule is CCC(NC(CC)N(Cc1ccccc1)Cc1ccccc1)N(C)C. The fourth-order valence-corrected chi connectivity index (χ4v) is 3.25. The Balaban J connectivity index is 2.18. The lowest BCUT2D eigenvalue weighted by atomic mass is 10.1. The zero-order valence-corrected chi connectivity index (χ0v) is 16.2. The molecule has 0 radical (unpaired) electrons. The Labute approximate surface area is 153 Å². The summed E-state index contributed by atoms with van der Waals surface area (Å²) < 4.78 is 0. The second-order valence-corrected chi connectivity index (χ2v) is 6.85. The molecule has 2 atom stereocenters. The Bertz CT molecular complexity index is 541. The minimum Gasteiger partial charge on any atom is -0.294 e. The van der Waals surface area contributed by atoms with Gasteiger partial charge in [0, 0.05) is 13.1 Å². The summed E-state index contributed by atoms with van der Waals surface area (Å²) in [6.45, 7) is 6.41. The summed E-state index contributed by atoms with van der Waals surface area (Å²) in [7, 11) is 4.29. The molecule has 3 heteroatoms. The summed E-state index contributed by atoms with van der Waals surface area (Å²) >= 11 is 0. The van der Waals surface area contributed by atoms with E-state index in [1.807, 2.05) is 0 Å². The summed E-state index contributed by atoms with van der Waals surface area (Å²) in [6, 6.07) is 21.5. The van der Waals surface area contributed by atoms with Crippen LogP contribution in [0.4, 0.5) is 0 Å². The predicted molar refractivity (Wildman–Crippen MR) is 107 cm³/mol. The highest BCUT2D eigenvalue weighted by molar-refractivity contribution is 5.17. The van der Waals surface area contributed by atoms with Crippen LogP contribution in [0.1, 0.15) is 37.8 Å². The maximum Gasteiger partial charge on any atom is 0.0612 e. The van der Waals surface area contributed by atoms with Gasteiger partial charge in [0.05, 0.1) is 12.3 Å². The summed E-state index contributed by atoms with van der Waals surface area (Å²) in [4.78, 5) is 4.82. The molecular weight excluding hydrogens is 306 g/mol. The van der Waals surface area contributed by atoms with E-state index >= 15 is 0 Å². The number of hydrogen-bond acceptors (Lipinski definition) is 3. The van der Waals surface area contributed by atoms with Gasteiger partial charge < -0.3 is 0 Å². The van der Waals surface area contributed by atoms with Gasteiger partial charge in [-0.3, -0.25) is 15.1 Å². The number of hydrogen-bond donors (Lipinski definition) is 1. The summed E-state index contributed by atoms with van der Waals surface area (Å²) in [5.74, 6) is 0. The molecule has 0 bridgehead atoms. The lowest BCUT2D eigenvalue weighted by molar-refractivity contribution is 0.0958. The van der Waals surface area contributed by atoms with Crippen LogP contribution >= 0.6 is 0 Å². The lowest BCUT2D eigenvalue weighted by Crippen LogP contribution is -2.53. The van der Waals surface area contributed by atoms with Crippen LogP contribution in [0.3, 0.4) is 0 Å². The van der Waals surface area contributed by atoms with Crippen molar-refractivity contribution in [2.45, 2.75) is 52.1 Å². The first-order valence-electron chi connectivity index (χ1n) is 9.38. The maximum atomic E-state index is 3.85. The molecule has 0 amide bonds. The molecule has 2 aromatic rings. The molecule has 1 N–H and O–H groups in total. The first kappa shape index (κ1) is 19.6. The number of rotatable bonds is 10. The summed E-state index contributed by atoms with van der Waals surface area (Å²) in [5, 5.41) is 3.85. The van der Waals surface area contributed by atoms with Crippen LogP contribution in [0, 0.1) is 0 Å². The summed E-state index contributed by atoms with van der Waals surface area (Å²) in [6.07, 6.45) is 2.89. The average Bonchev–Trinajstić information content (AvgIpc) is 2.64. The Morgan fingerprint density at radius 3 is 1.52 bits per heavy atom. The Morgan fingerprint density at radius 2 is 1.16 bits per heavy atom. The van der Waals surface area contributed by atoms with Crippen LogP contribution in [0.15, 0.2) is 60.7 Å². The molecule has 0 aromatic heterocycles. The molecule has 0 aliphatic carbocycles. The van der Waals surface area contributed by atoms with Gasteiger partial charge in [0.2, 0.25) is 0 Å². The van der Waals surface area contributed by atoms with Crippen LogP contribution in [-0.4, -0.2) is 36.2 Å². The number of benzene rings is 2. The molecule has 0 aliphatic heterocycles. The maximum absolute atomic E-state index is 3.85. The molecule has 0 fully saturated rings. The van der Waals surface area contributed by atoms with Crippen LogP contribution in [-0.2, 0) is 13.1 Å². The third kappa shape index (κ3) is 6.28. The molecule has 0 saturated carbocycles. The highest BCUT2D eigenvalue weighted by atomic mass is 15.3. The van der Waals surface area contributed by atoms with E-state index in [1.54, 1.807) is 0 Å². The number of nitrogens with one attached hydrogen (secondary N) is 1. The fourth-order valence-electron chi connectivity index (χ4n) is 3.25.